The van der Waals surface area contributed by atoms with Crippen LogP contribution in [0.25, 0.3) is 32.3 Å². The highest BCUT2D eigenvalue weighted by Crippen LogP contribution is 2.50. The minimum Gasteiger partial charge on any atom is -0.311 e. The third kappa shape index (κ3) is 8.01. The van der Waals surface area contributed by atoms with E-state index in [1.807, 2.05) is 11.3 Å². The van der Waals surface area contributed by atoms with Crippen LogP contribution in [0.2, 0.25) is 0 Å². The molecule has 0 aliphatic carbocycles. The lowest BCUT2D eigenvalue weighted by atomic mass is 9.36. The van der Waals surface area contributed by atoms with Gasteiger partial charge in [0.2, 0.25) is 0 Å². The Balaban J connectivity index is 1.28. The predicted octanol–water partition coefficient (Wildman–Crippen LogP) is 16.8. The molecule has 0 unspecified atom stereocenters. The van der Waals surface area contributed by atoms with Crippen molar-refractivity contribution in [1.82, 2.24) is 0 Å². The molecule has 2 nitrogen and oxygen atoms in total. The summed E-state index contributed by atoms with van der Waals surface area (Å²) in [6.45, 7) is 34.8. The summed E-state index contributed by atoms with van der Waals surface area (Å²) < 4.78 is 2.73. The molecule has 0 saturated carbocycles. The maximum Gasteiger partial charge on any atom is 0.264 e. The van der Waals surface area contributed by atoms with Gasteiger partial charge < -0.3 is 9.80 Å². The van der Waals surface area contributed by atoms with Crippen LogP contribution < -0.4 is 25.5 Å². The number of benzene rings is 7. The Labute approximate surface area is 412 Å². The van der Waals surface area contributed by atoms with E-state index in [-0.39, 0.29) is 33.8 Å². The molecule has 4 heteroatoms. The van der Waals surface area contributed by atoms with Crippen LogP contribution in [0.15, 0.2) is 146 Å². The lowest BCUT2D eigenvalue weighted by Crippen LogP contribution is -2.60. The lowest BCUT2D eigenvalue weighted by molar-refractivity contribution is 0.590. The van der Waals surface area contributed by atoms with E-state index in [9.17, 15) is 0 Å². The van der Waals surface area contributed by atoms with Crippen LogP contribution in [0.4, 0.5) is 34.1 Å². The van der Waals surface area contributed by atoms with Gasteiger partial charge in [-0.2, -0.15) is 0 Å². The third-order valence-electron chi connectivity index (χ3n) is 14.7. The largest absolute Gasteiger partial charge is 0.311 e. The zero-order valence-electron chi connectivity index (χ0n) is 43.2. The second-order valence-corrected chi connectivity index (χ2v) is 25.9. The monoisotopic (exact) mass is 909 g/mol. The van der Waals surface area contributed by atoms with E-state index in [4.69, 9.17) is 0 Å². The summed E-state index contributed by atoms with van der Waals surface area (Å²) in [4.78, 5) is 5.25. The molecular weight excluding hydrogens is 840 g/mol. The molecule has 7 aromatic carbocycles. The van der Waals surface area contributed by atoms with Crippen molar-refractivity contribution in [3.8, 4) is 22.3 Å². The minimum absolute atomic E-state index is 0.00390. The molecule has 8 aromatic rings. The summed E-state index contributed by atoms with van der Waals surface area (Å²) in [5, 5.41) is 1.33. The number of rotatable bonds is 4. The quantitative estimate of drug-likeness (QED) is 0.162. The average molecular weight is 909 g/mol. The van der Waals surface area contributed by atoms with Gasteiger partial charge in [-0.05, 0) is 143 Å². The fourth-order valence-corrected chi connectivity index (χ4v) is 11.7. The minimum atomic E-state index is -0.127. The van der Waals surface area contributed by atoms with E-state index in [1.165, 1.54) is 104 Å². The van der Waals surface area contributed by atoms with E-state index in [0.717, 1.165) is 5.69 Å². The van der Waals surface area contributed by atoms with E-state index in [1.54, 1.807) is 0 Å². The zero-order valence-corrected chi connectivity index (χ0v) is 44.1. The fraction of sp³-hybridized carbons (Fsp3) is 0.312. The Bertz CT molecular complexity index is 3230. The first kappa shape index (κ1) is 45.9. The van der Waals surface area contributed by atoms with Crippen molar-refractivity contribution in [2.75, 3.05) is 9.80 Å². The molecular formula is C64H69BN2S. The number of nitrogens with zero attached hydrogens (tertiary/aromatic N) is 2. The number of fused-ring (bicyclic) bond motifs is 6. The van der Waals surface area contributed by atoms with Crippen molar-refractivity contribution >= 4 is 78.0 Å². The van der Waals surface area contributed by atoms with Gasteiger partial charge in [0.25, 0.3) is 6.71 Å². The molecule has 0 spiro atoms. The van der Waals surface area contributed by atoms with E-state index in [0.29, 0.717) is 0 Å². The molecule has 68 heavy (non-hydrogen) atoms. The normalized spacial score (nSPS) is 14.0. The molecule has 3 heterocycles. The molecule has 1 aromatic heterocycles. The second kappa shape index (κ2) is 15.9. The zero-order chi connectivity index (χ0) is 48.5. The Morgan fingerprint density at radius 2 is 0.838 bits per heavy atom. The van der Waals surface area contributed by atoms with Gasteiger partial charge >= 0.3 is 0 Å². The van der Waals surface area contributed by atoms with E-state index in [2.05, 4.69) is 259 Å². The first-order valence-corrected chi connectivity index (χ1v) is 25.6. The maximum absolute atomic E-state index is 2.64. The number of hydrogen-bond donors (Lipinski definition) is 0. The van der Waals surface area contributed by atoms with Gasteiger partial charge in [0.1, 0.15) is 0 Å². The maximum atomic E-state index is 2.64. The first-order valence-electron chi connectivity index (χ1n) is 24.8. The number of hydrogen-bond acceptors (Lipinski definition) is 3. The highest BCUT2D eigenvalue weighted by molar-refractivity contribution is 7.33. The van der Waals surface area contributed by atoms with Crippen molar-refractivity contribution in [1.29, 1.82) is 0 Å². The second-order valence-electron chi connectivity index (χ2n) is 24.8. The highest BCUT2D eigenvalue weighted by atomic mass is 32.1. The molecule has 0 saturated heterocycles. The SMILES string of the molecule is CC(C)(C)c1ccc(-c2cccc(N3c4cc(-c5ccc(C(C)(C)C)cc5)ccc4B4c5sc6ccc(C(C)(C)C)cc6c5N(c5ccc(C(C)(C)C)cc5)c5cc(C(C)(C)C)cc3c54)c2)cc1. The molecule has 10 rings (SSSR count). The first-order chi connectivity index (χ1) is 31.9. The third-order valence-corrected chi connectivity index (χ3v) is 15.9. The van der Waals surface area contributed by atoms with Crippen LogP contribution in [-0.2, 0) is 27.1 Å². The molecule has 0 bridgehead atoms. The summed E-state index contributed by atoms with van der Waals surface area (Å²) in [5.74, 6) is 0. The Hall–Kier alpha value is -5.84. The molecule has 2 aliphatic heterocycles. The van der Waals surface area contributed by atoms with Crippen LogP contribution in [0.5, 0.6) is 0 Å². The summed E-state index contributed by atoms with van der Waals surface area (Å²) in [6.07, 6.45) is 0. The summed E-state index contributed by atoms with van der Waals surface area (Å²) in [6, 6.07) is 56.9. The summed E-state index contributed by atoms with van der Waals surface area (Å²) >= 11 is 1.98. The molecule has 2 aliphatic rings. The van der Waals surface area contributed by atoms with Gasteiger partial charge in [-0.1, -0.05) is 195 Å². The van der Waals surface area contributed by atoms with Crippen molar-refractivity contribution in [3.63, 3.8) is 0 Å². The van der Waals surface area contributed by atoms with Gasteiger partial charge in [-0.15, -0.1) is 11.3 Å². The van der Waals surface area contributed by atoms with Crippen LogP contribution in [-0.4, -0.2) is 6.71 Å². The van der Waals surface area contributed by atoms with Crippen LogP contribution >= 0.6 is 11.3 Å². The van der Waals surface area contributed by atoms with E-state index >= 15 is 0 Å². The van der Waals surface area contributed by atoms with Crippen molar-refractivity contribution in [2.45, 2.75) is 131 Å². The predicted molar refractivity (Wildman–Crippen MR) is 300 cm³/mol. The fourth-order valence-electron chi connectivity index (χ4n) is 10.4. The lowest BCUT2D eigenvalue weighted by Gasteiger charge is -2.44. The Kier molecular flexibility index (Phi) is 10.7. The summed E-state index contributed by atoms with van der Waals surface area (Å²) in [5.41, 5.74) is 21.8. The molecule has 0 N–H and O–H groups in total. The van der Waals surface area contributed by atoms with Crippen molar-refractivity contribution < 1.29 is 0 Å². The van der Waals surface area contributed by atoms with Gasteiger partial charge in [-0.3, -0.25) is 0 Å². The Morgan fingerprint density at radius 3 is 1.37 bits per heavy atom. The molecule has 0 radical (unpaired) electrons. The smallest absolute Gasteiger partial charge is 0.264 e. The molecule has 0 atom stereocenters. The number of thiophene rings is 1. The van der Waals surface area contributed by atoms with Gasteiger partial charge in [-0.25, -0.2) is 0 Å². The van der Waals surface area contributed by atoms with Crippen LogP contribution in [0, 0.1) is 0 Å². The van der Waals surface area contributed by atoms with Gasteiger partial charge in [0.05, 0.1) is 5.69 Å². The van der Waals surface area contributed by atoms with Crippen LogP contribution in [0.3, 0.4) is 0 Å². The number of anilines is 6. The topological polar surface area (TPSA) is 6.48 Å². The summed E-state index contributed by atoms with van der Waals surface area (Å²) in [7, 11) is 0. The van der Waals surface area contributed by atoms with Crippen molar-refractivity contribution in [3.05, 3.63) is 173 Å². The van der Waals surface area contributed by atoms with Gasteiger partial charge in [0, 0.05) is 43.3 Å². The standard InChI is InChI=1S/C64H69BN2S/c1-60(2,3)44-24-19-40(20-25-44)42-17-16-18-50(35-42)66-53-36-43(41-21-26-45(27-22-41)61(4,5)6)23-33-52(53)65-57-54(66)38-48(64(13,14)15)39-55(57)67(49-31-28-46(29-32-49)62(7,8)9)58-51-37-47(63(10,11)12)30-34-56(51)68-59(58)65/h16-39H,1-15H3. The highest BCUT2D eigenvalue weighted by Gasteiger charge is 2.46. The average Bonchev–Trinajstić information content (AvgIpc) is 3.66. The van der Waals surface area contributed by atoms with Crippen LogP contribution in [0.1, 0.15) is 132 Å². The molecule has 344 valence electrons. The molecule has 0 fully saturated rings. The van der Waals surface area contributed by atoms with Gasteiger partial charge in [0.15, 0.2) is 0 Å². The Morgan fingerprint density at radius 1 is 0.368 bits per heavy atom. The molecule has 0 amide bonds. The van der Waals surface area contributed by atoms with Crippen molar-refractivity contribution in [2.24, 2.45) is 0 Å². The van der Waals surface area contributed by atoms with E-state index < -0.39 is 0 Å².